The number of halogens is 1. The van der Waals surface area contributed by atoms with E-state index in [1.54, 1.807) is 30.5 Å². The van der Waals surface area contributed by atoms with Crippen LogP contribution in [0, 0.1) is 5.82 Å². The zero-order chi connectivity index (χ0) is 17.2. The Labute approximate surface area is 139 Å². The van der Waals surface area contributed by atoms with Crippen LogP contribution >= 0.6 is 0 Å². The molecule has 1 aromatic carbocycles. The van der Waals surface area contributed by atoms with Crippen LogP contribution in [-0.2, 0) is 16.4 Å². The van der Waals surface area contributed by atoms with Gasteiger partial charge in [-0.15, -0.1) is 0 Å². The van der Waals surface area contributed by atoms with Crippen molar-refractivity contribution in [3.63, 3.8) is 0 Å². The van der Waals surface area contributed by atoms with E-state index in [-0.39, 0.29) is 4.90 Å². The molecule has 24 heavy (non-hydrogen) atoms. The SMILES string of the molecule is CS(=O)(=O)c1ccc(-c2cc(F)cc(NCc3ccco3)n2)cc1. The van der Waals surface area contributed by atoms with E-state index in [1.807, 2.05) is 0 Å². The maximum Gasteiger partial charge on any atom is 0.175 e. The minimum atomic E-state index is -3.27. The first-order chi connectivity index (χ1) is 11.4. The number of rotatable bonds is 5. The van der Waals surface area contributed by atoms with Crippen LogP contribution in [0.15, 0.2) is 64.1 Å². The van der Waals surface area contributed by atoms with Crippen LogP contribution in [0.25, 0.3) is 11.3 Å². The molecular formula is C17H15FN2O3S. The number of nitrogens with one attached hydrogen (secondary N) is 1. The van der Waals surface area contributed by atoms with Gasteiger partial charge in [-0.1, -0.05) is 12.1 Å². The average Bonchev–Trinajstić information content (AvgIpc) is 3.05. The summed E-state index contributed by atoms with van der Waals surface area (Å²) in [6, 6.07) is 12.3. The summed E-state index contributed by atoms with van der Waals surface area (Å²) in [5.74, 6) is 0.642. The van der Waals surface area contributed by atoms with Gasteiger partial charge in [0, 0.05) is 24.0 Å². The van der Waals surface area contributed by atoms with Crippen molar-refractivity contribution in [2.45, 2.75) is 11.4 Å². The summed E-state index contributed by atoms with van der Waals surface area (Å²) >= 11 is 0. The number of nitrogens with zero attached hydrogens (tertiary/aromatic N) is 1. The molecule has 2 aromatic heterocycles. The van der Waals surface area contributed by atoms with Gasteiger partial charge in [0.15, 0.2) is 9.84 Å². The molecule has 0 unspecified atom stereocenters. The van der Waals surface area contributed by atoms with Crippen LogP contribution in [-0.4, -0.2) is 19.7 Å². The Hall–Kier alpha value is -2.67. The summed E-state index contributed by atoms with van der Waals surface area (Å²) in [5.41, 5.74) is 1.04. The van der Waals surface area contributed by atoms with Crippen LogP contribution < -0.4 is 5.32 Å². The lowest BCUT2D eigenvalue weighted by atomic mass is 10.1. The summed E-state index contributed by atoms with van der Waals surface area (Å²) in [7, 11) is -3.27. The first kappa shape index (κ1) is 16.2. The summed E-state index contributed by atoms with van der Waals surface area (Å²) in [5, 5.41) is 2.99. The van der Waals surface area contributed by atoms with E-state index < -0.39 is 15.7 Å². The van der Waals surface area contributed by atoms with E-state index in [1.165, 1.54) is 24.3 Å². The molecule has 0 aliphatic heterocycles. The highest BCUT2D eigenvalue weighted by atomic mass is 32.2. The van der Waals surface area contributed by atoms with Crippen molar-refractivity contribution in [2.75, 3.05) is 11.6 Å². The van der Waals surface area contributed by atoms with Crippen molar-refractivity contribution in [1.82, 2.24) is 4.98 Å². The maximum absolute atomic E-state index is 13.8. The van der Waals surface area contributed by atoms with Gasteiger partial charge in [0.2, 0.25) is 0 Å². The second-order valence-corrected chi connectivity index (χ2v) is 7.30. The third-order valence-corrected chi connectivity index (χ3v) is 4.52. The van der Waals surface area contributed by atoms with E-state index in [4.69, 9.17) is 4.42 Å². The second-order valence-electron chi connectivity index (χ2n) is 5.29. The zero-order valence-electron chi connectivity index (χ0n) is 12.9. The van der Waals surface area contributed by atoms with Crippen molar-refractivity contribution in [3.8, 4) is 11.3 Å². The predicted octanol–water partition coefficient (Wildman–Crippen LogP) is 3.50. The van der Waals surface area contributed by atoms with Crippen molar-refractivity contribution in [3.05, 3.63) is 66.4 Å². The molecule has 5 nitrogen and oxygen atoms in total. The first-order valence-corrected chi connectivity index (χ1v) is 9.05. The largest absolute Gasteiger partial charge is 0.467 e. The molecule has 0 aliphatic rings. The molecule has 3 aromatic rings. The van der Waals surface area contributed by atoms with Crippen LogP contribution in [0.5, 0.6) is 0 Å². The highest BCUT2D eigenvalue weighted by molar-refractivity contribution is 7.90. The Morgan fingerprint density at radius 2 is 1.92 bits per heavy atom. The van der Waals surface area contributed by atoms with E-state index in [0.29, 0.717) is 29.4 Å². The van der Waals surface area contributed by atoms with Gasteiger partial charge in [-0.3, -0.25) is 0 Å². The van der Waals surface area contributed by atoms with Gasteiger partial charge in [-0.2, -0.15) is 0 Å². The number of pyridine rings is 1. The number of anilines is 1. The molecule has 0 atom stereocenters. The molecule has 1 N–H and O–H groups in total. The van der Waals surface area contributed by atoms with E-state index in [9.17, 15) is 12.8 Å². The summed E-state index contributed by atoms with van der Waals surface area (Å²) in [6.45, 7) is 0.385. The van der Waals surface area contributed by atoms with Gasteiger partial charge in [0.1, 0.15) is 17.4 Å². The number of furan rings is 1. The maximum atomic E-state index is 13.8. The molecule has 0 spiro atoms. The van der Waals surface area contributed by atoms with Crippen LogP contribution in [0.3, 0.4) is 0 Å². The molecule has 124 valence electrons. The molecule has 3 rings (SSSR count). The molecule has 7 heteroatoms. The van der Waals surface area contributed by atoms with Crippen molar-refractivity contribution < 1.29 is 17.2 Å². The minimum absolute atomic E-state index is 0.207. The normalized spacial score (nSPS) is 11.4. The Balaban J connectivity index is 1.85. The van der Waals surface area contributed by atoms with Crippen LogP contribution in [0.4, 0.5) is 10.2 Å². The number of aromatic nitrogens is 1. The lowest BCUT2D eigenvalue weighted by Gasteiger charge is -2.08. The van der Waals surface area contributed by atoms with Gasteiger partial charge in [-0.05, 0) is 24.3 Å². The van der Waals surface area contributed by atoms with Crippen LogP contribution in [0.2, 0.25) is 0 Å². The average molecular weight is 346 g/mol. The third kappa shape index (κ3) is 3.80. The Kier molecular flexibility index (Phi) is 4.35. The molecule has 2 heterocycles. The predicted molar refractivity (Wildman–Crippen MR) is 88.8 cm³/mol. The minimum Gasteiger partial charge on any atom is -0.467 e. The highest BCUT2D eigenvalue weighted by Crippen LogP contribution is 2.22. The summed E-state index contributed by atoms with van der Waals surface area (Å²) in [6.07, 6.45) is 2.70. The van der Waals surface area contributed by atoms with E-state index >= 15 is 0 Å². The standard InChI is InChI=1S/C17H15FN2O3S/c1-24(21,22)15-6-4-12(5-7-15)16-9-13(18)10-17(20-16)19-11-14-3-2-8-23-14/h2-10H,11H2,1H3,(H,19,20). The zero-order valence-corrected chi connectivity index (χ0v) is 13.7. The van der Waals surface area contributed by atoms with Gasteiger partial charge in [0.25, 0.3) is 0 Å². The molecule has 0 aliphatic carbocycles. The Morgan fingerprint density at radius 1 is 1.17 bits per heavy atom. The van der Waals surface area contributed by atoms with Crippen molar-refractivity contribution in [1.29, 1.82) is 0 Å². The lowest BCUT2D eigenvalue weighted by molar-refractivity contribution is 0.517. The number of hydrogen-bond donors (Lipinski definition) is 1. The van der Waals surface area contributed by atoms with E-state index in [0.717, 1.165) is 6.26 Å². The quantitative estimate of drug-likeness (QED) is 0.765. The highest BCUT2D eigenvalue weighted by Gasteiger charge is 2.09. The van der Waals surface area contributed by atoms with Crippen LogP contribution in [0.1, 0.15) is 5.76 Å². The molecular weight excluding hydrogens is 331 g/mol. The molecule has 0 saturated heterocycles. The first-order valence-electron chi connectivity index (χ1n) is 7.16. The van der Waals surface area contributed by atoms with Gasteiger partial charge in [0.05, 0.1) is 23.4 Å². The Bertz CT molecular complexity index is 936. The van der Waals surface area contributed by atoms with Gasteiger partial charge >= 0.3 is 0 Å². The molecule has 0 amide bonds. The number of benzene rings is 1. The van der Waals surface area contributed by atoms with Gasteiger partial charge in [-0.25, -0.2) is 17.8 Å². The molecule has 0 radical (unpaired) electrons. The fourth-order valence-corrected chi connectivity index (χ4v) is 2.83. The fraction of sp³-hybridized carbons (Fsp3) is 0.118. The topological polar surface area (TPSA) is 72.2 Å². The molecule has 0 bridgehead atoms. The number of sulfone groups is 1. The monoisotopic (exact) mass is 346 g/mol. The van der Waals surface area contributed by atoms with Crippen molar-refractivity contribution >= 4 is 15.7 Å². The van der Waals surface area contributed by atoms with Crippen molar-refractivity contribution in [2.24, 2.45) is 0 Å². The lowest BCUT2D eigenvalue weighted by Crippen LogP contribution is -2.02. The smallest absolute Gasteiger partial charge is 0.175 e. The second kappa shape index (κ2) is 6.45. The fourth-order valence-electron chi connectivity index (χ4n) is 2.20. The van der Waals surface area contributed by atoms with E-state index in [2.05, 4.69) is 10.3 Å². The number of hydrogen-bond acceptors (Lipinski definition) is 5. The molecule has 0 saturated carbocycles. The summed E-state index contributed by atoms with van der Waals surface area (Å²) in [4.78, 5) is 4.56. The van der Waals surface area contributed by atoms with Gasteiger partial charge < -0.3 is 9.73 Å². The molecule has 0 fully saturated rings. The Morgan fingerprint density at radius 3 is 2.54 bits per heavy atom. The summed E-state index contributed by atoms with van der Waals surface area (Å²) < 4.78 is 42.0. The third-order valence-electron chi connectivity index (χ3n) is 3.39.